The highest BCUT2D eigenvalue weighted by Crippen LogP contribution is 2.20. The van der Waals surface area contributed by atoms with Gasteiger partial charge in [-0.2, -0.15) is 4.98 Å². The third-order valence-electron chi connectivity index (χ3n) is 3.35. The van der Waals surface area contributed by atoms with Crippen LogP contribution < -0.4 is 5.32 Å². The van der Waals surface area contributed by atoms with Gasteiger partial charge in [0.25, 0.3) is 0 Å². The maximum atomic E-state index is 13.0. The summed E-state index contributed by atoms with van der Waals surface area (Å²) in [6.07, 6.45) is 2.64. The SMILES string of the molecule is CC1OCCC1CNc1nc2ccc(F)cn2n1. The molecule has 0 radical (unpaired) electrons. The molecule has 1 aliphatic rings. The molecule has 3 rings (SSSR count). The van der Waals surface area contributed by atoms with Crippen LogP contribution in [-0.2, 0) is 4.74 Å². The van der Waals surface area contributed by atoms with Gasteiger partial charge in [-0.15, -0.1) is 5.10 Å². The second-order valence-corrected chi connectivity index (χ2v) is 4.59. The highest BCUT2D eigenvalue weighted by molar-refractivity contribution is 5.43. The van der Waals surface area contributed by atoms with Crippen LogP contribution in [0, 0.1) is 11.7 Å². The zero-order valence-corrected chi connectivity index (χ0v) is 10.1. The number of anilines is 1. The minimum Gasteiger partial charge on any atom is -0.378 e. The number of nitrogens with one attached hydrogen (secondary N) is 1. The highest BCUT2D eigenvalue weighted by Gasteiger charge is 2.24. The Morgan fingerprint density at radius 1 is 1.56 bits per heavy atom. The van der Waals surface area contributed by atoms with Crippen molar-refractivity contribution >= 4 is 11.6 Å². The predicted octanol–water partition coefficient (Wildman–Crippen LogP) is 1.71. The van der Waals surface area contributed by atoms with Crippen LogP contribution in [0.2, 0.25) is 0 Å². The van der Waals surface area contributed by atoms with Crippen molar-refractivity contribution in [1.29, 1.82) is 0 Å². The first-order valence-electron chi connectivity index (χ1n) is 6.10. The van der Waals surface area contributed by atoms with Crippen molar-refractivity contribution in [1.82, 2.24) is 14.6 Å². The maximum Gasteiger partial charge on any atom is 0.243 e. The summed E-state index contributed by atoms with van der Waals surface area (Å²) < 4.78 is 19.9. The van der Waals surface area contributed by atoms with Gasteiger partial charge in [-0.3, -0.25) is 0 Å². The summed E-state index contributed by atoms with van der Waals surface area (Å²) in [5.74, 6) is 0.685. The van der Waals surface area contributed by atoms with Crippen LogP contribution >= 0.6 is 0 Å². The van der Waals surface area contributed by atoms with E-state index in [1.807, 2.05) is 0 Å². The fourth-order valence-electron chi connectivity index (χ4n) is 2.20. The fourth-order valence-corrected chi connectivity index (χ4v) is 2.20. The average Bonchev–Trinajstić information content (AvgIpc) is 2.92. The predicted molar refractivity (Wildman–Crippen MR) is 65.0 cm³/mol. The summed E-state index contributed by atoms with van der Waals surface area (Å²) >= 11 is 0. The van der Waals surface area contributed by atoms with Crippen molar-refractivity contribution in [2.24, 2.45) is 5.92 Å². The lowest BCUT2D eigenvalue weighted by Gasteiger charge is -2.13. The molecule has 0 amide bonds. The Kier molecular flexibility index (Phi) is 2.87. The standard InChI is InChI=1S/C12H15FN4O/c1-8-9(4-5-18-8)6-14-12-15-11-3-2-10(13)7-17(11)16-12/h2-3,7-9H,4-6H2,1H3,(H,14,16). The van der Waals surface area contributed by atoms with Gasteiger partial charge in [0, 0.05) is 19.1 Å². The molecule has 1 fully saturated rings. The van der Waals surface area contributed by atoms with Crippen molar-refractivity contribution in [2.45, 2.75) is 19.4 Å². The van der Waals surface area contributed by atoms with Gasteiger partial charge in [-0.25, -0.2) is 8.91 Å². The second-order valence-electron chi connectivity index (χ2n) is 4.59. The normalized spacial score (nSPS) is 23.7. The first kappa shape index (κ1) is 11.4. The van der Waals surface area contributed by atoms with Crippen LogP contribution in [0.1, 0.15) is 13.3 Å². The molecule has 5 nitrogen and oxygen atoms in total. The summed E-state index contributed by atoms with van der Waals surface area (Å²) in [6.45, 7) is 3.67. The largest absolute Gasteiger partial charge is 0.378 e. The number of nitrogens with zero attached hydrogens (tertiary/aromatic N) is 3. The number of hydrogen-bond donors (Lipinski definition) is 1. The van der Waals surface area contributed by atoms with E-state index in [1.165, 1.54) is 16.8 Å². The molecule has 0 aliphatic carbocycles. The third-order valence-corrected chi connectivity index (χ3v) is 3.35. The van der Waals surface area contributed by atoms with Crippen molar-refractivity contribution in [2.75, 3.05) is 18.5 Å². The molecule has 2 atom stereocenters. The highest BCUT2D eigenvalue weighted by atomic mass is 19.1. The molecule has 2 unspecified atom stereocenters. The number of aromatic nitrogens is 3. The fraction of sp³-hybridized carbons (Fsp3) is 0.500. The van der Waals surface area contributed by atoms with E-state index in [1.54, 1.807) is 6.07 Å². The number of fused-ring (bicyclic) bond motifs is 1. The number of halogens is 1. The van der Waals surface area contributed by atoms with Crippen molar-refractivity contribution in [3.63, 3.8) is 0 Å². The summed E-state index contributed by atoms with van der Waals surface area (Å²) in [5, 5.41) is 7.35. The van der Waals surface area contributed by atoms with Gasteiger partial charge in [0.2, 0.25) is 5.95 Å². The van der Waals surface area contributed by atoms with E-state index in [9.17, 15) is 4.39 Å². The molecule has 1 aliphatic heterocycles. The topological polar surface area (TPSA) is 51.5 Å². The molecule has 0 aromatic carbocycles. The molecule has 0 spiro atoms. The van der Waals surface area contributed by atoms with E-state index in [-0.39, 0.29) is 11.9 Å². The molecular weight excluding hydrogens is 235 g/mol. The molecule has 6 heteroatoms. The Bertz CT molecular complexity index is 556. The Morgan fingerprint density at radius 2 is 2.44 bits per heavy atom. The van der Waals surface area contributed by atoms with Gasteiger partial charge < -0.3 is 10.1 Å². The van der Waals surface area contributed by atoms with Gasteiger partial charge in [0.05, 0.1) is 12.3 Å². The van der Waals surface area contributed by atoms with Gasteiger partial charge in [0.15, 0.2) is 5.65 Å². The van der Waals surface area contributed by atoms with Crippen LogP contribution in [0.5, 0.6) is 0 Å². The molecule has 18 heavy (non-hydrogen) atoms. The first-order valence-corrected chi connectivity index (χ1v) is 6.10. The number of hydrogen-bond acceptors (Lipinski definition) is 4. The van der Waals surface area contributed by atoms with E-state index >= 15 is 0 Å². The summed E-state index contributed by atoms with van der Waals surface area (Å²) in [6, 6.07) is 2.98. The average molecular weight is 250 g/mol. The van der Waals surface area contributed by atoms with Gasteiger partial charge in [0.1, 0.15) is 5.82 Å². The first-order chi connectivity index (χ1) is 8.72. The van der Waals surface area contributed by atoms with Crippen LogP contribution in [-0.4, -0.2) is 33.9 Å². The molecule has 3 heterocycles. The molecule has 0 bridgehead atoms. The molecular formula is C12H15FN4O. The Morgan fingerprint density at radius 3 is 3.22 bits per heavy atom. The zero-order valence-electron chi connectivity index (χ0n) is 10.1. The third kappa shape index (κ3) is 2.15. The van der Waals surface area contributed by atoms with Gasteiger partial charge in [-0.05, 0) is 25.5 Å². The van der Waals surface area contributed by atoms with Crippen molar-refractivity contribution in [3.05, 3.63) is 24.1 Å². The molecule has 1 saturated heterocycles. The molecule has 1 N–H and O–H groups in total. The van der Waals surface area contributed by atoms with Crippen molar-refractivity contribution < 1.29 is 9.13 Å². The molecule has 96 valence electrons. The Balaban J connectivity index is 1.71. The van der Waals surface area contributed by atoms with E-state index in [2.05, 4.69) is 22.3 Å². The lowest BCUT2D eigenvalue weighted by Crippen LogP contribution is -2.21. The summed E-state index contributed by atoms with van der Waals surface area (Å²) in [4.78, 5) is 4.27. The molecule has 0 saturated carbocycles. The van der Waals surface area contributed by atoms with E-state index < -0.39 is 0 Å². The van der Waals surface area contributed by atoms with Crippen LogP contribution in [0.25, 0.3) is 5.65 Å². The maximum absolute atomic E-state index is 13.0. The number of ether oxygens (including phenoxy) is 1. The smallest absolute Gasteiger partial charge is 0.243 e. The number of rotatable bonds is 3. The Hall–Kier alpha value is -1.69. The monoisotopic (exact) mass is 250 g/mol. The Labute approximate surface area is 104 Å². The van der Waals surface area contributed by atoms with Gasteiger partial charge in [-0.1, -0.05) is 0 Å². The molecule has 2 aromatic rings. The number of pyridine rings is 1. The lowest BCUT2D eigenvalue weighted by molar-refractivity contribution is 0.108. The van der Waals surface area contributed by atoms with Crippen LogP contribution in [0.4, 0.5) is 10.3 Å². The summed E-state index contributed by atoms with van der Waals surface area (Å²) in [5.41, 5.74) is 0.634. The van der Waals surface area contributed by atoms with E-state index in [4.69, 9.17) is 4.74 Å². The summed E-state index contributed by atoms with van der Waals surface area (Å²) in [7, 11) is 0. The van der Waals surface area contributed by atoms with Crippen LogP contribution in [0.15, 0.2) is 18.3 Å². The quantitative estimate of drug-likeness (QED) is 0.901. The minimum absolute atomic E-state index is 0.270. The van der Waals surface area contributed by atoms with E-state index in [0.29, 0.717) is 17.5 Å². The lowest BCUT2D eigenvalue weighted by atomic mass is 10.0. The van der Waals surface area contributed by atoms with Crippen molar-refractivity contribution in [3.8, 4) is 0 Å². The zero-order chi connectivity index (χ0) is 12.5. The second kappa shape index (κ2) is 4.53. The van der Waals surface area contributed by atoms with Crippen LogP contribution in [0.3, 0.4) is 0 Å². The van der Waals surface area contributed by atoms with Gasteiger partial charge >= 0.3 is 0 Å². The minimum atomic E-state index is -0.322. The van der Waals surface area contributed by atoms with E-state index in [0.717, 1.165) is 19.6 Å². The molecule has 2 aromatic heterocycles.